The van der Waals surface area contributed by atoms with Crippen LogP contribution in [-0.4, -0.2) is 79.1 Å². The van der Waals surface area contributed by atoms with Crippen molar-refractivity contribution in [3.05, 3.63) is 41.6 Å². The van der Waals surface area contributed by atoms with Crippen LogP contribution in [0.1, 0.15) is 32.3 Å². The van der Waals surface area contributed by atoms with E-state index in [1.54, 1.807) is 6.07 Å². The number of pyridine rings is 1. The molecule has 0 bridgehead atoms. The fourth-order valence-electron chi connectivity index (χ4n) is 6.49. The zero-order chi connectivity index (χ0) is 29.1. The van der Waals surface area contributed by atoms with Crippen molar-refractivity contribution >= 4 is 28.8 Å². The Morgan fingerprint density at radius 1 is 1.07 bits per heavy atom. The predicted molar refractivity (Wildman–Crippen MR) is 141 cm³/mol. The number of alkyl halides is 3. The average Bonchev–Trinajstić information content (AvgIpc) is 3.21. The number of morpholine rings is 1. The van der Waals surface area contributed by atoms with Crippen LogP contribution in [0.15, 0.2) is 24.4 Å². The molecule has 4 aliphatic heterocycles. The fraction of sp³-hybridized carbons (Fsp3) is 0.571. The summed E-state index contributed by atoms with van der Waals surface area (Å²) in [7, 11) is 0. The molecule has 0 spiro atoms. The molecule has 0 aliphatic carbocycles. The molecule has 0 saturated carbocycles. The first-order valence-corrected chi connectivity index (χ1v) is 13.9. The first-order valence-electron chi connectivity index (χ1n) is 13.9. The number of halogens is 5. The lowest BCUT2D eigenvalue weighted by Gasteiger charge is -2.44. The van der Waals surface area contributed by atoms with Gasteiger partial charge in [0.1, 0.15) is 23.6 Å². The Bertz CT molecular complexity index is 1320. The van der Waals surface area contributed by atoms with Crippen LogP contribution in [0.4, 0.5) is 44.8 Å². The molecule has 1 aromatic heterocycles. The highest BCUT2D eigenvalue weighted by molar-refractivity contribution is 6.00. The summed E-state index contributed by atoms with van der Waals surface area (Å²) in [5.41, 5.74) is 1.38. The summed E-state index contributed by atoms with van der Waals surface area (Å²) in [6.45, 7) is 3.79. The molecule has 2 aromatic rings. The highest BCUT2D eigenvalue weighted by atomic mass is 19.4. The van der Waals surface area contributed by atoms with E-state index in [0.29, 0.717) is 36.0 Å². The summed E-state index contributed by atoms with van der Waals surface area (Å²) >= 11 is 0. The van der Waals surface area contributed by atoms with Crippen LogP contribution in [0, 0.1) is 17.6 Å². The molecule has 1 aromatic carbocycles. The van der Waals surface area contributed by atoms with Gasteiger partial charge in [0, 0.05) is 17.5 Å². The quantitative estimate of drug-likeness (QED) is 0.532. The third-order valence-corrected chi connectivity index (χ3v) is 8.49. The number of piperidine rings is 1. The van der Waals surface area contributed by atoms with Crippen molar-refractivity contribution < 1.29 is 36.2 Å². The minimum Gasteiger partial charge on any atom is -0.373 e. The molecular weight excluding hydrogens is 549 g/mol. The molecule has 3 fully saturated rings. The molecule has 5 heterocycles. The number of aromatic nitrogens is 1. The molecule has 4 atom stereocenters. The van der Waals surface area contributed by atoms with E-state index in [2.05, 4.69) is 10.3 Å². The van der Waals surface area contributed by atoms with Crippen molar-refractivity contribution in [3.63, 3.8) is 0 Å². The van der Waals surface area contributed by atoms with E-state index in [1.165, 1.54) is 21.9 Å². The van der Waals surface area contributed by atoms with Gasteiger partial charge in [-0.15, -0.1) is 0 Å². The number of carbonyl (C=O) groups excluding carboxylic acids is 1. The van der Waals surface area contributed by atoms with Crippen LogP contribution in [0.25, 0.3) is 0 Å². The Kier molecular flexibility index (Phi) is 7.31. The molecule has 13 heteroatoms. The smallest absolute Gasteiger partial charge is 0.373 e. The lowest BCUT2D eigenvalue weighted by Crippen LogP contribution is -2.57. The molecule has 41 heavy (non-hydrogen) atoms. The molecule has 1 amide bonds. The van der Waals surface area contributed by atoms with E-state index in [1.807, 2.05) is 18.7 Å². The van der Waals surface area contributed by atoms with Crippen molar-refractivity contribution in [2.75, 3.05) is 48.0 Å². The van der Waals surface area contributed by atoms with E-state index in [9.17, 15) is 22.4 Å². The van der Waals surface area contributed by atoms with Gasteiger partial charge < -0.3 is 24.6 Å². The molecule has 8 nitrogen and oxygen atoms in total. The number of hydrogen-bond donors (Lipinski definition) is 1. The van der Waals surface area contributed by atoms with E-state index in [0.717, 1.165) is 6.20 Å². The Balaban J connectivity index is 1.36. The van der Waals surface area contributed by atoms with E-state index < -0.39 is 30.3 Å². The van der Waals surface area contributed by atoms with Crippen molar-refractivity contribution in [1.82, 2.24) is 9.88 Å². The Labute approximate surface area is 234 Å². The molecule has 0 radical (unpaired) electrons. The van der Waals surface area contributed by atoms with Gasteiger partial charge in [-0.25, -0.2) is 13.8 Å². The van der Waals surface area contributed by atoms with Gasteiger partial charge in [-0.3, -0.25) is 9.69 Å². The highest BCUT2D eigenvalue weighted by Gasteiger charge is 2.45. The predicted octanol–water partition coefficient (Wildman–Crippen LogP) is 4.61. The average molecular weight is 582 g/mol. The van der Waals surface area contributed by atoms with Crippen LogP contribution in [-0.2, 0) is 20.8 Å². The van der Waals surface area contributed by atoms with Gasteiger partial charge in [0.05, 0.1) is 67.7 Å². The van der Waals surface area contributed by atoms with Crippen LogP contribution in [0.3, 0.4) is 0 Å². The van der Waals surface area contributed by atoms with Gasteiger partial charge in [0.25, 0.3) is 0 Å². The van der Waals surface area contributed by atoms with Gasteiger partial charge in [-0.1, -0.05) is 0 Å². The SMILES string of the molecule is C[C@H]1OC[C@@H]2[C@H]1OC[C@H](C)N2c1cc2c(cc1F)Nc1ncc(F)cc1CN2C(=O)C1CCN(CC(F)(F)F)CC1. The summed E-state index contributed by atoms with van der Waals surface area (Å²) < 4.78 is 80.6. The van der Waals surface area contributed by atoms with E-state index in [-0.39, 0.29) is 68.4 Å². The number of fused-ring (bicyclic) bond motifs is 3. The third kappa shape index (κ3) is 5.46. The molecule has 0 unspecified atom stereocenters. The maximum Gasteiger partial charge on any atom is 0.401 e. The number of likely N-dealkylation sites (tertiary alicyclic amines) is 1. The zero-order valence-corrected chi connectivity index (χ0v) is 22.8. The largest absolute Gasteiger partial charge is 0.401 e. The van der Waals surface area contributed by atoms with E-state index >= 15 is 4.39 Å². The van der Waals surface area contributed by atoms with Gasteiger partial charge in [-0.05, 0) is 51.9 Å². The molecule has 6 rings (SSSR count). The number of amides is 1. The second-order valence-electron chi connectivity index (χ2n) is 11.4. The number of nitrogens with zero attached hydrogens (tertiary/aromatic N) is 4. The van der Waals surface area contributed by atoms with Crippen molar-refractivity contribution in [2.45, 2.75) is 63.7 Å². The summed E-state index contributed by atoms with van der Waals surface area (Å²) in [4.78, 5) is 22.9. The normalized spacial score (nSPS) is 27.1. The van der Waals surface area contributed by atoms with Crippen LogP contribution in [0.5, 0.6) is 0 Å². The van der Waals surface area contributed by atoms with Gasteiger partial charge in [0.2, 0.25) is 5.91 Å². The van der Waals surface area contributed by atoms with Crippen LogP contribution >= 0.6 is 0 Å². The minimum atomic E-state index is -4.31. The monoisotopic (exact) mass is 581 g/mol. The molecule has 4 aliphatic rings. The van der Waals surface area contributed by atoms with Crippen LogP contribution in [0.2, 0.25) is 0 Å². The number of ether oxygens (including phenoxy) is 2. The van der Waals surface area contributed by atoms with Crippen molar-refractivity contribution in [2.24, 2.45) is 5.92 Å². The van der Waals surface area contributed by atoms with Crippen molar-refractivity contribution in [1.29, 1.82) is 0 Å². The third-order valence-electron chi connectivity index (χ3n) is 8.49. The van der Waals surface area contributed by atoms with Crippen molar-refractivity contribution in [3.8, 4) is 0 Å². The molecule has 1 N–H and O–H groups in total. The lowest BCUT2D eigenvalue weighted by molar-refractivity contribution is -0.149. The molecule has 222 valence electrons. The van der Waals surface area contributed by atoms with Gasteiger partial charge in [0.15, 0.2) is 0 Å². The first-order chi connectivity index (χ1) is 19.5. The van der Waals surface area contributed by atoms with Gasteiger partial charge >= 0.3 is 6.18 Å². The molecule has 3 saturated heterocycles. The maximum absolute atomic E-state index is 15.9. The number of rotatable bonds is 3. The number of benzene rings is 1. The standard InChI is InChI=1S/C28H32F5N5O3/c1-15-12-41-25-16(2)40-13-24(25)38(15)22-9-23-21(8-20(22)30)35-26-18(7-19(29)10-34-26)11-37(23)27(39)17-3-5-36(6-4-17)14-28(31,32)33/h7-10,15-17,24-25H,3-6,11-14H2,1-2H3,(H,34,35)/t15-,16+,24+,25-/m0/s1. The summed E-state index contributed by atoms with van der Waals surface area (Å²) in [6, 6.07) is 3.81. The summed E-state index contributed by atoms with van der Waals surface area (Å²) in [6.07, 6.45) is -3.17. The number of nitrogens with one attached hydrogen (secondary N) is 1. The summed E-state index contributed by atoms with van der Waals surface area (Å²) in [5.74, 6) is -1.64. The number of hydrogen-bond acceptors (Lipinski definition) is 7. The van der Waals surface area contributed by atoms with E-state index in [4.69, 9.17) is 9.47 Å². The lowest BCUT2D eigenvalue weighted by atomic mass is 9.94. The number of anilines is 4. The summed E-state index contributed by atoms with van der Waals surface area (Å²) in [5, 5.41) is 3.07. The maximum atomic E-state index is 15.9. The van der Waals surface area contributed by atoms with Crippen LogP contribution < -0.4 is 15.1 Å². The second-order valence-corrected chi connectivity index (χ2v) is 11.4. The highest BCUT2D eigenvalue weighted by Crippen LogP contribution is 2.43. The Morgan fingerprint density at radius 2 is 1.83 bits per heavy atom. The zero-order valence-electron chi connectivity index (χ0n) is 22.8. The second kappa shape index (κ2) is 10.7. The Morgan fingerprint density at radius 3 is 2.56 bits per heavy atom. The topological polar surface area (TPSA) is 70.2 Å². The minimum absolute atomic E-state index is 0.0301. The molecular formula is C28H32F5N5O3. The Hall–Kier alpha value is -3.03. The first kappa shape index (κ1) is 28.1. The van der Waals surface area contributed by atoms with Gasteiger partial charge in [-0.2, -0.15) is 13.2 Å². The number of carbonyl (C=O) groups is 1. The fourth-order valence-corrected chi connectivity index (χ4v) is 6.49.